The van der Waals surface area contributed by atoms with Crippen molar-refractivity contribution < 1.29 is 25.8 Å². The maximum Gasteiger partial charge on any atom is 0.345 e. The number of benzene rings is 2. The number of thiocarbonyl (C=S) groups is 1. The van der Waals surface area contributed by atoms with Crippen LogP contribution in [0.2, 0.25) is 0 Å². The lowest BCUT2D eigenvalue weighted by Crippen LogP contribution is -3.00. The van der Waals surface area contributed by atoms with Gasteiger partial charge in [-0.1, -0.05) is 46.9 Å². The molecule has 12 heteroatoms. The molecule has 0 fully saturated rings. The quantitative estimate of drug-likeness (QED) is 0.125. The third kappa shape index (κ3) is 5.55. The lowest BCUT2D eigenvalue weighted by atomic mass is 10.1. The van der Waals surface area contributed by atoms with Gasteiger partial charge in [0.15, 0.2) is 11.4 Å². The van der Waals surface area contributed by atoms with E-state index in [1.165, 1.54) is 9.92 Å². The van der Waals surface area contributed by atoms with Gasteiger partial charge in [0.25, 0.3) is 0 Å². The fraction of sp³-hybridized carbons (Fsp3) is 0.0741. The Morgan fingerprint density at radius 2 is 1.15 bits per heavy atom. The number of halogens is 1. The Kier molecular flexibility index (Phi) is 7.98. The molecule has 6 rings (SSSR count). The minimum absolute atomic E-state index is 0. The molecule has 0 aliphatic carbocycles. The molecule has 0 amide bonds. The first-order valence-electron chi connectivity index (χ1n) is 11.8. The summed E-state index contributed by atoms with van der Waals surface area (Å²) < 4.78 is 8.66. The topological polar surface area (TPSA) is 66.8 Å². The lowest BCUT2D eigenvalue weighted by molar-refractivity contribution is -0.505. The molecule has 196 valence electrons. The summed E-state index contributed by atoms with van der Waals surface area (Å²) in [7, 11) is 4.16. The number of fused-ring (bicyclic) bond motifs is 2. The van der Waals surface area contributed by atoms with Crippen LogP contribution < -0.4 is 36.6 Å². The fourth-order valence-electron chi connectivity index (χ4n) is 4.28. The Morgan fingerprint density at radius 1 is 0.744 bits per heavy atom. The summed E-state index contributed by atoms with van der Waals surface area (Å²) in [5, 5.41) is 12.9. The molecular weight excluding hydrogens is 612 g/mol. The van der Waals surface area contributed by atoms with Crippen LogP contribution in [0.1, 0.15) is 11.1 Å². The molecule has 0 bridgehead atoms. The van der Waals surface area contributed by atoms with Crippen molar-refractivity contribution in [3.05, 3.63) is 95.2 Å². The average Bonchev–Trinajstić information content (AvgIpc) is 3.70. The predicted octanol–water partition coefficient (Wildman–Crippen LogP) is 1.13. The highest BCUT2D eigenvalue weighted by atomic mass is 79.9. The van der Waals surface area contributed by atoms with Gasteiger partial charge in [-0.05, 0) is 47.6 Å². The summed E-state index contributed by atoms with van der Waals surface area (Å²) in [6, 6.07) is 16.5. The van der Waals surface area contributed by atoms with Crippen molar-refractivity contribution in [2.45, 2.75) is 0 Å². The van der Waals surface area contributed by atoms with Gasteiger partial charge in [0.1, 0.15) is 24.8 Å². The van der Waals surface area contributed by atoms with E-state index in [1.807, 2.05) is 24.3 Å². The van der Waals surface area contributed by atoms with Crippen LogP contribution in [-0.2, 0) is 14.1 Å². The molecule has 0 unspecified atom stereocenters. The first kappa shape index (κ1) is 26.9. The predicted molar refractivity (Wildman–Crippen MR) is 158 cm³/mol. The van der Waals surface area contributed by atoms with Crippen LogP contribution in [0.5, 0.6) is 0 Å². The van der Waals surface area contributed by atoms with Gasteiger partial charge in [-0.3, -0.25) is 10.9 Å². The third-order valence-corrected chi connectivity index (χ3v) is 8.31. The normalized spacial score (nSPS) is 11.5. The van der Waals surface area contributed by atoms with Crippen LogP contribution >= 0.6 is 34.9 Å². The van der Waals surface area contributed by atoms with Gasteiger partial charge < -0.3 is 17.0 Å². The van der Waals surface area contributed by atoms with Crippen LogP contribution in [0.3, 0.4) is 0 Å². The molecule has 0 radical (unpaired) electrons. The number of aryl methyl sites for hydroxylation is 2. The summed E-state index contributed by atoms with van der Waals surface area (Å²) in [4.78, 5) is 2.39. The van der Waals surface area contributed by atoms with E-state index in [-0.39, 0.29) is 17.0 Å². The zero-order chi connectivity index (χ0) is 26.1. The molecule has 0 saturated carbocycles. The number of rotatable bonds is 6. The second-order valence-electron chi connectivity index (χ2n) is 8.65. The van der Waals surface area contributed by atoms with Gasteiger partial charge in [-0.2, -0.15) is 19.0 Å². The number of hydrogen-bond acceptors (Lipinski definition) is 5. The second kappa shape index (κ2) is 11.6. The van der Waals surface area contributed by atoms with Crippen molar-refractivity contribution >= 4 is 62.4 Å². The minimum atomic E-state index is 0. The molecule has 4 aromatic heterocycles. The Labute approximate surface area is 249 Å². The van der Waals surface area contributed by atoms with Crippen molar-refractivity contribution in [3.63, 3.8) is 0 Å². The molecule has 2 N–H and O–H groups in total. The zero-order valence-electron chi connectivity index (χ0n) is 21.0. The minimum Gasteiger partial charge on any atom is -1.00 e. The number of aromatic nitrogens is 4. The molecule has 39 heavy (non-hydrogen) atoms. The van der Waals surface area contributed by atoms with Crippen LogP contribution in [0, 0.1) is 0 Å². The van der Waals surface area contributed by atoms with Gasteiger partial charge >= 0.3 is 9.92 Å². The van der Waals surface area contributed by atoms with Crippen molar-refractivity contribution in [2.75, 3.05) is 0 Å². The summed E-state index contributed by atoms with van der Waals surface area (Å²) in [5.41, 5.74) is 12.2. The molecular formula is C27H24BrN8S3+. The number of nitrogens with zero attached hydrogens (tertiary/aromatic N) is 6. The van der Waals surface area contributed by atoms with Crippen molar-refractivity contribution in [1.29, 1.82) is 0 Å². The molecule has 8 nitrogen and oxygen atoms in total. The Bertz CT molecular complexity index is 1680. The third-order valence-electron chi connectivity index (χ3n) is 6.22. The second-order valence-corrected chi connectivity index (χ2v) is 10.8. The van der Waals surface area contributed by atoms with E-state index in [9.17, 15) is 0 Å². The van der Waals surface area contributed by atoms with E-state index in [1.54, 1.807) is 35.1 Å². The highest BCUT2D eigenvalue weighted by molar-refractivity contribution is 7.80. The number of nitrogens with one attached hydrogen (secondary N) is 2. The SMILES string of the molecule is Cn1c(-c2ccc(C=NNC(=S)NN=Cc3ccc(-c4c[n+]5ccsc5n4C)cc3)cc2)c[n+]2ccsc12.[Br-]. The maximum absolute atomic E-state index is 5.27. The van der Waals surface area contributed by atoms with Gasteiger partial charge in [-0.25, -0.2) is 9.13 Å². The summed E-state index contributed by atoms with van der Waals surface area (Å²) >= 11 is 8.71. The molecule has 0 saturated heterocycles. The average molecular weight is 637 g/mol. The van der Waals surface area contributed by atoms with Gasteiger partial charge in [0.05, 0.1) is 26.5 Å². The molecule has 0 aliphatic heterocycles. The van der Waals surface area contributed by atoms with E-state index < -0.39 is 0 Å². The van der Waals surface area contributed by atoms with Crippen molar-refractivity contribution in [1.82, 2.24) is 20.0 Å². The highest BCUT2D eigenvalue weighted by Crippen LogP contribution is 2.22. The highest BCUT2D eigenvalue weighted by Gasteiger charge is 2.17. The molecule has 6 aromatic rings. The van der Waals surface area contributed by atoms with Gasteiger partial charge in [0, 0.05) is 21.9 Å². The molecule has 0 atom stereocenters. The smallest absolute Gasteiger partial charge is 0.345 e. The van der Waals surface area contributed by atoms with Crippen LogP contribution in [0.4, 0.5) is 0 Å². The summed E-state index contributed by atoms with van der Waals surface area (Å²) in [5.74, 6) is 0. The fourth-order valence-corrected chi connectivity index (χ4v) is 6.00. The maximum atomic E-state index is 5.27. The van der Waals surface area contributed by atoms with Gasteiger partial charge in [-0.15, -0.1) is 0 Å². The van der Waals surface area contributed by atoms with Crippen LogP contribution in [-0.4, -0.2) is 26.7 Å². The summed E-state index contributed by atoms with van der Waals surface area (Å²) in [6.07, 6.45) is 11.9. The van der Waals surface area contributed by atoms with E-state index in [4.69, 9.17) is 12.2 Å². The summed E-state index contributed by atoms with van der Waals surface area (Å²) in [6.45, 7) is 0. The van der Waals surface area contributed by atoms with Crippen LogP contribution in [0.25, 0.3) is 32.4 Å². The Morgan fingerprint density at radius 3 is 1.54 bits per heavy atom. The number of imidazole rings is 2. The Hall–Kier alpha value is -3.71. The lowest BCUT2D eigenvalue weighted by Gasteiger charge is -2.02. The van der Waals surface area contributed by atoms with E-state index in [0.717, 1.165) is 33.6 Å². The zero-order valence-corrected chi connectivity index (χ0v) is 25.1. The monoisotopic (exact) mass is 635 g/mol. The van der Waals surface area contributed by atoms with Crippen molar-refractivity contribution in [2.24, 2.45) is 24.3 Å². The first-order chi connectivity index (χ1) is 18.6. The van der Waals surface area contributed by atoms with Crippen LogP contribution in [0.15, 0.2) is 94.3 Å². The van der Waals surface area contributed by atoms with E-state index in [0.29, 0.717) is 5.11 Å². The molecule has 4 heterocycles. The number of hydrogen-bond donors (Lipinski definition) is 2. The Balaban J connectivity index is 0.00000308. The van der Waals surface area contributed by atoms with E-state index >= 15 is 0 Å². The molecule has 2 aromatic carbocycles. The largest absolute Gasteiger partial charge is 1.00 e. The number of thiazole rings is 2. The first-order valence-corrected chi connectivity index (χ1v) is 13.9. The molecule has 0 aliphatic rings. The van der Waals surface area contributed by atoms with Crippen molar-refractivity contribution in [3.8, 4) is 22.5 Å². The van der Waals surface area contributed by atoms with Gasteiger partial charge in [0.2, 0.25) is 5.11 Å². The molecule has 0 spiro atoms. The number of hydrazone groups is 2. The van der Waals surface area contributed by atoms with E-state index in [2.05, 4.69) is 113 Å². The standard InChI is InChI=1S/C27H23N8S3.BrH/c1-32-23(17-34-11-13-37-26(32)34)21-7-3-19(4-8-21)15-28-30-25(36)31-29-16-20-5-9-22(10-6-20)24-18-35-12-14-38-27(35)33(24)2;/h3-18H,1-2H3,(H-,30,31,36);1H/q+1;.